The molecule has 2 saturated heterocycles. The molecule has 0 unspecified atom stereocenters. The molecule has 0 bridgehead atoms. The number of carbonyl (C=O) groups excluding carboxylic acids is 1. The van der Waals surface area contributed by atoms with Crippen molar-refractivity contribution < 1.29 is 4.79 Å². The van der Waals surface area contributed by atoms with E-state index >= 15 is 0 Å². The van der Waals surface area contributed by atoms with E-state index in [-0.39, 0.29) is 5.91 Å². The first-order valence-corrected chi connectivity index (χ1v) is 10.4. The average molecular weight is 364 g/mol. The fraction of sp³-hybridized carbons (Fsp3) is 0.722. The van der Waals surface area contributed by atoms with Crippen molar-refractivity contribution >= 4 is 17.7 Å². The normalized spacial score (nSPS) is 19.6. The van der Waals surface area contributed by atoms with Gasteiger partial charge in [-0.15, -0.1) is 16.8 Å². The van der Waals surface area contributed by atoms with E-state index in [9.17, 15) is 4.79 Å². The van der Waals surface area contributed by atoms with E-state index in [1.54, 1.807) is 0 Å². The standard InChI is InChI=1S/C18H29N5OS/c1-2-11-23-17(15-7-9-19-10-8-15)20-21-18(23)25-14-16(24)22-12-5-3-4-6-13-22/h2,15,19H,1,3-14H2. The Morgan fingerprint density at radius 2 is 1.92 bits per heavy atom. The highest BCUT2D eigenvalue weighted by atomic mass is 32.2. The van der Waals surface area contributed by atoms with Gasteiger partial charge in [-0.25, -0.2) is 0 Å². The van der Waals surface area contributed by atoms with Crippen LogP contribution in [0.4, 0.5) is 0 Å². The summed E-state index contributed by atoms with van der Waals surface area (Å²) < 4.78 is 2.14. The molecule has 6 nitrogen and oxygen atoms in total. The van der Waals surface area contributed by atoms with Crippen LogP contribution in [0.15, 0.2) is 17.8 Å². The lowest BCUT2D eigenvalue weighted by molar-refractivity contribution is -0.128. The predicted molar refractivity (Wildman–Crippen MR) is 101 cm³/mol. The molecular formula is C18H29N5OS. The zero-order chi connectivity index (χ0) is 17.5. The fourth-order valence-corrected chi connectivity index (χ4v) is 4.48. The zero-order valence-corrected chi connectivity index (χ0v) is 15.8. The highest BCUT2D eigenvalue weighted by molar-refractivity contribution is 7.99. The summed E-state index contributed by atoms with van der Waals surface area (Å²) in [5, 5.41) is 13.1. The Morgan fingerprint density at radius 1 is 1.20 bits per heavy atom. The van der Waals surface area contributed by atoms with Gasteiger partial charge in [0.05, 0.1) is 5.75 Å². The van der Waals surface area contributed by atoms with E-state index in [4.69, 9.17) is 0 Å². The van der Waals surface area contributed by atoms with Crippen molar-refractivity contribution in [3.63, 3.8) is 0 Å². The third kappa shape index (κ3) is 4.85. The molecule has 7 heteroatoms. The Kier molecular flexibility index (Phi) is 6.93. The van der Waals surface area contributed by atoms with Gasteiger partial charge < -0.3 is 14.8 Å². The number of thioether (sulfide) groups is 1. The van der Waals surface area contributed by atoms with Crippen LogP contribution in [0.2, 0.25) is 0 Å². The molecule has 25 heavy (non-hydrogen) atoms. The van der Waals surface area contributed by atoms with E-state index in [0.29, 0.717) is 18.2 Å². The van der Waals surface area contributed by atoms with Gasteiger partial charge in [0.25, 0.3) is 0 Å². The Bertz CT molecular complexity index is 574. The van der Waals surface area contributed by atoms with E-state index in [1.165, 1.54) is 24.6 Å². The topological polar surface area (TPSA) is 63.1 Å². The summed E-state index contributed by atoms with van der Waals surface area (Å²) in [5.74, 6) is 2.17. The summed E-state index contributed by atoms with van der Waals surface area (Å²) in [7, 11) is 0. The summed E-state index contributed by atoms with van der Waals surface area (Å²) in [6, 6.07) is 0. The second-order valence-electron chi connectivity index (χ2n) is 6.85. The van der Waals surface area contributed by atoms with Crippen molar-refractivity contribution in [2.75, 3.05) is 31.9 Å². The van der Waals surface area contributed by atoms with Crippen LogP contribution in [0.1, 0.15) is 50.3 Å². The molecule has 3 heterocycles. The van der Waals surface area contributed by atoms with Crippen LogP contribution in [0.3, 0.4) is 0 Å². The van der Waals surface area contributed by atoms with E-state index in [1.807, 2.05) is 11.0 Å². The largest absolute Gasteiger partial charge is 0.342 e. The van der Waals surface area contributed by atoms with Crippen LogP contribution in [0, 0.1) is 0 Å². The Balaban J connectivity index is 1.63. The highest BCUT2D eigenvalue weighted by Crippen LogP contribution is 2.27. The molecule has 2 aliphatic rings. The van der Waals surface area contributed by atoms with Crippen LogP contribution in [-0.2, 0) is 11.3 Å². The lowest BCUT2D eigenvalue weighted by Crippen LogP contribution is -2.33. The van der Waals surface area contributed by atoms with Crippen molar-refractivity contribution in [3.8, 4) is 0 Å². The summed E-state index contributed by atoms with van der Waals surface area (Å²) in [6.45, 7) is 8.43. The number of nitrogens with one attached hydrogen (secondary N) is 1. The minimum absolute atomic E-state index is 0.225. The molecule has 1 aromatic rings. The average Bonchev–Trinajstić information content (AvgIpc) is 2.85. The van der Waals surface area contributed by atoms with Gasteiger partial charge >= 0.3 is 0 Å². The maximum Gasteiger partial charge on any atom is 0.233 e. The zero-order valence-electron chi connectivity index (χ0n) is 15.0. The maximum absolute atomic E-state index is 12.5. The maximum atomic E-state index is 12.5. The van der Waals surface area contributed by atoms with Crippen LogP contribution >= 0.6 is 11.8 Å². The highest BCUT2D eigenvalue weighted by Gasteiger charge is 2.24. The first-order valence-electron chi connectivity index (χ1n) is 9.45. The van der Waals surface area contributed by atoms with Crippen LogP contribution in [-0.4, -0.2) is 57.5 Å². The number of carbonyl (C=O) groups is 1. The van der Waals surface area contributed by atoms with Crippen molar-refractivity contribution in [3.05, 3.63) is 18.5 Å². The van der Waals surface area contributed by atoms with Crippen LogP contribution in [0.5, 0.6) is 0 Å². The van der Waals surface area contributed by atoms with Gasteiger partial charge in [0.15, 0.2) is 5.16 Å². The van der Waals surface area contributed by atoms with Gasteiger partial charge in [0.1, 0.15) is 5.82 Å². The molecule has 0 saturated carbocycles. The third-order valence-electron chi connectivity index (χ3n) is 5.04. The summed E-state index contributed by atoms with van der Waals surface area (Å²) in [6.07, 6.45) is 8.80. The summed E-state index contributed by atoms with van der Waals surface area (Å²) >= 11 is 1.52. The number of allylic oxidation sites excluding steroid dienone is 1. The lowest BCUT2D eigenvalue weighted by atomic mass is 9.97. The molecule has 0 radical (unpaired) electrons. The minimum atomic E-state index is 0.225. The first kappa shape index (κ1) is 18.5. The van der Waals surface area contributed by atoms with Crippen molar-refractivity contribution in [1.82, 2.24) is 25.0 Å². The number of rotatable bonds is 6. The minimum Gasteiger partial charge on any atom is -0.342 e. The first-order chi connectivity index (χ1) is 12.3. The van der Waals surface area contributed by atoms with Gasteiger partial charge in [0, 0.05) is 25.6 Å². The van der Waals surface area contributed by atoms with Gasteiger partial charge in [-0.2, -0.15) is 0 Å². The van der Waals surface area contributed by atoms with Gasteiger partial charge in [-0.3, -0.25) is 4.79 Å². The third-order valence-corrected chi connectivity index (χ3v) is 6.00. The Morgan fingerprint density at radius 3 is 2.60 bits per heavy atom. The summed E-state index contributed by atoms with van der Waals surface area (Å²) in [4.78, 5) is 14.5. The monoisotopic (exact) mass is 363 g/mol. The number of aromatic nitrogens is 3. The summed E-state index contributed by atoms with van der Waals surface area (Å²) in [5.41, 5.74) is 0. The molecule has 0 aromatic carbocycles. The Labute approximate surface area is 154 Å². The van der Waals surface area contributed by atoms with E-state index in [0.717, 1.165) is 62.8 Å². The van der Waals surface area contributed by atoms with Crippen molar-refractivity contribution in [1.29, 1.82) is 0 Å². The molecule has 1 aromatic heterocycles. The van der Waals surface area contributed by atoms with E-state index in [2.05, 4.69) is 26.7 Å². The molecule has 0 aliphatic carbocycles. The molecule has 3 rings (SSSR count). The quantitative estimate of drug-likeness (QED) is 0.621. The van der Waals surface area contributed by atoms with Crippen LogP contribution < -0.4 is 5.32 Å². The lowest BCUT2D eigenvalue weighted by Gasteiger charge is -2.22. The van der Waals surface area contributed by atoms with Gasteiger partial charge in [0.2, 0.25) is 5.91 Å². The molecule has 1 amide bonds. The van der Waals surface area contributed by atoms with Crippen molar-refractivity contribution in [2.24, 2.45) is 0 Å². The molecule has 2 fully saturated rings. The number of likely N-dealkylation sites (tertiary alicyclic amines) is 1. The number of piperidine rings is 1. The molecule has 1 N–H and O–H groups in total. The SMILES string of the molecule is C=CCn1c(SCC(=O)N2CCCCCC2)nnc1C1CCNCC1. The number of hydrogen-bond acceptors (Lipinski definition) is 5. The molecule has 0 atom stereocenters. The number of amides is 1. The van der Waals surface area contributed by atoms with E-state index < -0.39 is 0 Å². The number of hydrogen-bond donors (Lipinski definition) is 1. The van der Waals surface area contributed by atoms with Gasteiger partial charge in [-0.1, -0.05) is 30.7 Å². The number of nitrogens with zero attached hydrogens (tertiary/aromatic N) is 4. The second-order valence-corrected chi connectivity index (χ2v) is 7.79. The molecule has 0 spiro atoms. The second kappa shape index (κ2) is 9.38. The fourth-order valence-electron chi connectivity index (χ4n) is 3.63. The van der Waals surface area contributed by atoms with Crippen LogP contribution in [0.25, 0.3) is 0 Å². The Hall–Kier alpha value is -1.34. The molecular weight excluding hydrogens is 334 g/mol. The molecule has 138 valence electrons. The molecule has 2 aliphatic heterocycles. The van der Waals surface area contributed by atoms with Gasteiger partial charge in [-0.05, 0) is 38.8 Å². The van der Waals surface area contributed by atoms with Crippen molar-refractivity contribution in [2.45, 2.75) is 56.1 Å². The smallest absolute Gasteiger partial charge is 0.233 e. The predicted octanol–water partition coefficient (Wildman–Crippen LogP) is 2.43.